The highest BCUT2D eigenvalue weighted by Gasteiger charge is 2.27. The van der Waals surface area contributed by atoms with E-state index in [1.54, 1.807) is 0 Å². The lowest BCUT2D eigenvalue weighted by molar-refractivity contribution is 0.0949. The van der Waals surface area contributed by atoms with Crippen molar-refractivity contribution in [1.82, 2.24) is 5.32 Å². The minimum absolute atomic E-state index is 0.0157. The number of carbonyl (C=O) groups is 1. The Kier molecular flexibility index (Phi) is 5.18. The number of amides is 1. The van der Waals surface area contributed by atoms with E-state index in [4.69, 9.17) is 11.5 Å². The number of halogens is 3. The lowest BCUT2D eigenvalue weighted by Crippen LogP contribution is -2.25. The van der Waals surface area contributed by atoms with Gasteiger partial charge >= 0.3 is 0 Å². The van der Waals surface area contributed by atoms with Crippen molar-refractivity contribution in [3.05, 3.63) is 64.0 Å². The fourth-order valence-electron chi connectivity index (χ4n) is 3.07. The second-order valence-electron chi connectivity index (χ2n) is 6.40. The maximum Gasteiger partial charge on any atom is 0.266 e. The molecule has 0 unspecified atom stereocenters. The molecule has 0 aromatic heterocycles. The molecule has 0 atom stereocenters. The molecule has 0 heterocycles. The number of nitrogens with one attached hydrogen (secondary N) is 1. The summed E-state index contributed by atoms with van der Waals surface area (Å²) >= 11 is 0. The smallest absolute Gasteiger partial charge is 0.266 e. The highest BCUT2D eigenvalue weighted by atomic mass is 19.3. The van der Waals surface area contributed by atoms with Crippen molar-refractivity contribution in [2.45, 2.75) is 38.3 Å². The lowest BCUT2D eigenvalue weighted by atomic mass is 9.96. The molecule has 1 amide bonds. The van der Waals surface area contributed by atoms with E-state index in [0.717, 1.165) is 41.7 Å². The van der Waals surface area contributed by atoms with Crippen molar-refractivity contribution in [3.8, 4) is 0 Å². The monoisotopic (exact) mass is 363 g/mol. The van der Waals surface area contributed by atoms with Gasteiger partial charge in [0.1, 0.15) is 5.82 Å². The van der Waals surface area contributed by atoms with Crippen molar-refractivity contribution in [2.75, 3.05) is 5.73 Å². The van der Waals surface area contributed by atoms with Crippen molar-refractivity contribution < 1.29 is 18.0 Å². The average Bonchev–Trinajstić information content (AvgIpc) is 3.44. The van der Waals surface area contributed by atoms with Crippen LogP contribution in [0.15, 0.2) is 30.3 Å². The van der Waals surface area contributed by atoms with Gasteiger partial charge < -0.3 is 16.8 Å². The van der Waals surface area contributed by atoms with Crippen LogP contribution in [0.5, 0.6) is 0 Å². The van der Waals surface area contributed by atoms with Gasteiger partial charge in [0, 0.05) is 24.3 Å². The molecule has 1 aliphatic rings. The highest BCUT2D eigenvalue weighted by Crippen LogP contribution is 2.43. The van der Waals surface area contributed by atoms with Gasteiger partial charge in [-0.25, -0.2) is 13.2 Å². The molecule has 1 aliphatic carbocycles. The maximum absolute atomic E-state index is 13.7. The largest absolute Gasteiger partial charge is 0.398 e. The van der Waals surface area contributed by atoms with Gasteiger partial charge in [0.05, 0.1) is 5.56 Å². The zero-order chi connectivity index (χ0) is 18.8. The zero-order valence-corrected chi connectivity index (χ0v) is 14.1. The SMILES string of the molecule is NCc1c(N)ccc(C2CC2)c1CNC(=O)c1ccc(C(F)F)c(F)c1. The summed E-state index contributed by atoms with van der Waals surface area (Å²) in [4.78, 5) is 12.3. The number of anilines is 1. The van der Waals surface area contributed by atoms with Crippen molar-refractivity contribution in [1.29, 1.82) is 0 Å². The van der Waals surface area contributed by atoms with Crippen LogP contribution in [0.2, 0.25) is 0 Å². The molecule has 138 valence electrons. The maximum atomic E-state index is 13.7. The first-order chi connectivity index (χ1) is 12.4. The van der Waals surface area contributed by atoms with Crippen molar-refractivity contribution in [2.24, 2.45) is 5.73 Å². The summed E-state index contributed by atoms with van der Waals surface area (Å²) < 4.78 is 38.9. The highest BCUT2D eigenvalue weighted by molar-refractivity contribution is 5.94. The zero-order valence-electron chi connectivity index (χ0n) is 14.1. The second kappa shape index (κ2) is 7.37. The Bertz CT molecular complexity index is 835. The fraction of sp³-hybridized carbons (Fsp3) is 0.316. The van der Waals surface area contributed by atoms with Crippen LogP contribution in [0.4, 0.5) is 18.9 Å². The molecule has 3 rings (SSSR count). The molecule has 0 spiro atoms. The van der Waals surface area contributed by atoms with Crippen LogP contribution in [-0.2, 0) is 13.1 Å². The third-order valence-electron chi connectivity index (χ3n) is 4.65. The van der Waals surface area contributed by atoms with Gasteiger partial charge in [0.25, 0.3) is 12.3 Å². The first-order valence-electron chi connectivity index (χ1n) is 8.38. The molecule has 7 heteroatoms. The Morgan fingerprint density at radius 1 is 1.19 bits per heavy atom. The lowest BCUT2D eigenvalue weighted by Gasteiger charge is -2.17. The van der Waals surface area contributed by atoms with Gasteiger partial charge in [-0.3, -0.25) is 4.79 Å². The van der Waals surface area contributed by atoms with Gasteiger partial charge in [-0.1, -0.05) is 6.07 Å². The number of hydrogen-bond acceptors (Lipinski definition) is 3. The Hall–Kier alpha value is -2.54. The minimum Gasteiger partial charge on any atom is -0.398 e. The molecule has 0 saturated heterocycles. The van der Waals surface area contributed by atoms with Crippen molar-refractivity contribution >= 4 is 11.6 Å². The molecule has 2 aromatic rings. The van der Waals surface area contributed by atoms with Crippen LogP contribution in [0.1, 0.15) is 57.8 Å². The van der Waals surface area contributed by atoms with Crippen LogP contribution in [0.3, 0.4) is 0 Å². The number of carbonyl (C=O) groups excluding carboxylic acids is 1. The van der Waals surface area contributed by atoms with Crippen molar-refractivity contribution in [3.63, 3.8) is 0 Å². The Morgan fingerprint density at radius 2 is 1.92 bits per heavy atom. The minimum atomic E-state index is -2.92. The Labute approximate surface area is 149 Å². The molecule has 1 saturated carbocycles. The van der Waals surface area contributed by atoms with Gasteiger partial charge in [-0.2, -0.15) is 0 Å². The molecule has 0 radical (unpaired) electrons. The summed E-state index contributed by atoms with van der Waals surface area (Å²) in [5, 5.41) is 2.71. The van der Waals surface area contributed by atoms with E-state index in [1.165, 1.54) is 6.07 Å². The van der Waals surface area contributed by atoms with Crippen LogP contribution in [0, 0.1) is 5.82 Å². The molecule has 2 aromatic carbocycles. The first-order valence-corrected chi connectivity index (χ1v) is 8.38. The van der Waals surface area contributed by atoms with E-state index in [0.29, 0.717) is 11.6 Å². The predicted octanol–water partition coefficient (Wildman–Crippen LogP) is 3.61. The van der Waals surface area contributed by atoms with Crippen LogP contribution < -0.4 is 16.8 Å². The summed E-state index contributed by atoms with van der Waals surface area (Å²) in [5.41, 5.74) is 14.4. The molecule has 1 fully saturated rings. The van der Waals surface area contributed by atoms with Crippen LogP contribution in [0.25, 0.3) is 0 Å². The van der Waals surface area contributed by atoms with Crippen LogP contribution >= 0.6 is 0 Å². The average molecular weight is 363 g/mol. The quantitative estimate of drug-likeness (QED) is 0.686. The van der Waals surface area contributed by atoms with E-state index in [9.17, 15) is 18.0 Å². The second-order valence-corrected chi connectivity index (χ2v) is 6.40. The van der Waals surface area contributed by atoms with Crippen LogP contribution in [-0.4, -0.2) is 5.91 Å². The van der Waals surface area contributed by atoms with E-state index in [2.05, 4.69) is 5.32 Å². The topological polar surface area (TPSA) is 81.1 Å². The normalized spacial score (nSPS) is 13.9. The molecule has 4 nitrogen and oxygen atoms in total. The number of nitrogen functional groups attached to an aromatic ring is 1. The summed E-state index contributed by atoms with van der Waals surface area (Å²) in [6, 6.07) is 6.70. The number of hydrogen-bond donors (Lipinski definition) is 3. The number of rotatable bonds is 6. The van der Waals surface area contributed by atoms with E-state index >= 15 is 0 Å². The summed E-state index contributed by atoms with van der Waals surface area (Å²) in [7, 11) is 0. The standard InChI is InChI=1S/C19H20F3N3O/c20-16-7-11(3-4-13(16)18(21)22)19(26)25-9-15-12(10-1-2-10)5-6-17(24)14(15)8-23/h3-7,10,18H,1-2,8-9,23-24H2,(H,25,26). The van der Waals surface area contributed by atoms with E-state index in [-0.39, 0.29) is 18.7 Å². The number of nitrogens with two attached hydrogens (primary N) is 2. The summed E-state index contributed by atoms with van der Waals surface area (Å²) in [5.74, 6) is -1.20. The molecule has 0 aliphatic heterocycles. The Morgan fingerprint density at radius 3 is 2.50 bits per heavy atom. The molecule has 26 heavy (non-hydrogen) atoms. The third kappa shape index (κ3) is 3.67. The Balaban J connectivity index is 1.80. The van der Waals surface area contributed by atoms with Gasteiger partial charge in [0.15, 0.2) is 0 Å². The molecular weight excluding hydrogens is 343 g/mol. The number of benzene rings is 2. The summed E-state index contributed by atoms with van der Waals surface area (Å²) in [6.07, 6.45) is -0.766. The molecular formula is C19H20F3N3O. The predicted molar refractivity (Wildman–Crippen MR) is 93.2 cm³/mol. The fourth-order valence-corrected chi connectivity index (χ4v) is 3.07. The van der Waals surface area contributed by atoms with Gasteiger partial charge in [0.2, 0.25) is 0 Å². The molecule has 0 bridgehead atoms. The van der Waals surface area contributed by atoms with Gasteiger partial charge in [-0.05, 0) is 59.7 Å². The van der Waals surface area contributed by atoms with E-state index in [1.807, 2.05) is 12.1 Å². The summed E-state index contributed by atoms with van der Waals surface area (Å²) in [6.45, 7) is 0.440. The van der Waals surface area contributed by atoms with E-state index < -0.39 is 23.7 Å². The molecule has 5 N–H and O–H groups in total. The number of alkyl halides is 2. The third-order valence-corrected chi connectivity index (χ3v) is 4.65. The first kappa shape index (κ1) is 18.3. The van der Waals surface area contributed by atoms with Gasteiger partial charge in [-0.15, -0.1) is 0 Å².